The topological polar surface area (TPSA) is 120 Å². The minimum absolute atomic E-state index is 0.0103. The van der Waals surface area contributed by atoms with Crippen molar-refractivity contribution < 1.29 is 29.4 Å². The van der Waals surface area contributed by atoms with Gasteiger partial charge in [-0.3, -0.25) is 19.7 Å². The molecule has 0 aromatic heterocycles. The number of amides is 2. The lowest BCUT2D eigenvalue weighted by Crippen LogP contribution is -2.43. The molecule has 1 saturated heterocycles. The zero-order valence-electron chi connectivity index (χ0n) is 25.1. The minimum atomic E-state index is -0.521. The van der Waals surface area contributed by atoms with Crippen LogP contribution in [0.3, 0.4) is 0 Å². The van der Waals surface area contributed by atoms with Gasteiger partial charge in [-0.1, -0.05) is 73.9 Å². The molecule has 3 atom stereocenters. The molecule has 1 aliphatic carbocycles. The second-order valence-electron chi connectivity index (χ2n) is 11.6. The molecule has 9 heteroatoms. The van der Waals surface area contributed by atoms with Gasteiger partial charge in [-0.05, 0) is 42.4 Å². The Morgan fingerprint density at radius 1 is 0.907 bits per heavy atom. The average Bonchev–Trinajstić information content (AvgIpc) is 3.59. The summed E-state index contributed by atoms with van der Waals surface area (Å²) < 4.78 is 13.1. The van der Waals surface area contributed by atoms with Gasteiger partial charge in [-0.15, -0.1) is 6.58 Å². The molecule has 234 valence electrons. The molecule has 2 aliphatic rings. The Morgan fingerprint density at radius 2 is 1.56 bits per heavy atom. The molecule has 1 aliphatic heterocycles. The Labute approximate surface area is 255 Å². The van der Waals surface area contributed by atoms with Crippen molar-refractivity contribution in [2.24, 2.45) is 0 Å². The van der Waals surface area contributed by atoms with Gasteiger partial charge in [0.25, 0.3) is 0 Å². The minimum Gasteiger partial charge on any atom is -0.392 e. The van der Waals surface area contributed by atoms with Crippen LogP contribution < -0.4 is 10.8 Å². The fraction of sp³-hybridized carbons (Fsp3) is 0.529. The number of benzene rings is 2. The van der Waals surface area contributed by atoms with Crippen molar-refractivity contribution in [3.05, 3.63) is 83.4 Å². The molecule has 2 aromatic carbocycles. The Hall–Kier alpha value is -3.08. The van der Waals surface area contributed by atoms with E-state index in [1.807, 2.05) is 54.6 Å². The van der Waals surface area contributed by atoms with Crippen LogP contribution in [0, 0.1) is 0 Å². The van der Waals surface area contributed by atoms with Crippen molar-refractivity contribution in [3.8, 4) is 0 Å². The summed E-state index contributed by atoms with van der Waals surface area (Å²) in [7, 11) is 0. The molecule has 2 fully saturated rings. The van der Waals surface area contributed by atoms with Gasteiger partial charge in [0.2, 0.25) is 11.8 Å². The van der Waals surface area contributed by atoms with Gasteiger partial charge in [0.15, 0.2) is 6.29 Å². The molecule has 0 unspecified atom stereocenters. The maximum absolute atomic E-state index is 12.3. The number of nitrogens with one attached hydrogen (secondary N) is 2. The Balaban J connectivity index is 1.36. The Bertz CT molecular complexity index is 1150. The lowest BCUT2D eigenvalue weighted by atomic mass is 9.99. The monoisotopic (exact) mass is 593 g/mol. The summed E-state index contributed by atoms with van der Waals surface area (Å²) in [6.45, 7) is 6.10. The molecule has 4 rings (SSSR count). The summed E-state index contributed by atoms with van der Waals surface area (Å²) >= 11 is 0. The number of carbonyl (C=O) groups excluding carboxylic acids is 2. The summed E-state index contributed by atoms with van der Waals surface area (Å²) in [4.78, 5) is 25.8. The first kappa shape index (κ1) is 32.8. The number of hydrogen-bond acceptors (Lipinski definition) is 7. The van der Waals surface area contributed by atoms with Crippen LogP contribution in [0.5, 0.6) is 0 Å². The molecule has 0 spiro atoms. The van der Waals surface area contributed by atoms with Crippen LogP contribution in [0.15, 0.2) is 61.2 Å². The highest BCUT2D eigenvalue weighted by atomic mass is 16.7. The van der Waals surface area contributed by atoms with Crippen LogP contribution in [-0.2, 0) is 32.2 Å². The van der Waals surface area contributed by atoms with Gasteiger partial charge in [-0.25, -0.2) is 5.48 Å². The second-order valence-corrected chi connectivity index (χ2v) is 11.6. The van der Waals surface area contributed by atoms with Crippen molar-refractivity contribution in [3.63, 3.8) is 0 Å². The van der Waals surface area contributed by atoms with Gasteiger partial charge in [0, 0.05) is 50.5 Å². The Morgan fingerprint density at radius 3 is 2.21 bits per heavy atom. The molecule has 4 N–H and O–H groups in total. The molecule has 0 bridgehead atoms. The molecule has 2 amide bonds. The fourth-order valence-electron chi connectivity index (χ4n) is 5.99. The summed E-state index contributed by atoms with van der Waals surface area (Å²) in [5.74, 6) is -0.433. The predicted molar refractivity (Wildman–Crippen MR) is 164 cm³/mol. The van der Waals surface area contributed by atoms with Crippen molar-refractivity contribution in [1.29, 1.82) is 0 Å². The van der Waals surface area contributed by atoms with Crippen LogP contribution in [0.4, 0.5) is 0 Å². The van der Waals surface area contributed by atoms with E-state index in [0.717, 1.165) is 48.2 Å². The number of ether oxygens (including phenoxy) is 2. The smallest absolute Gasteiger partial charge is 0.243 e. The molecule has 0 radical (unpaired) electrons. The number of aliphatic hydroxyl groups excluding tert-OH is 1. The first-order valence-electron chi connectivity index (χ1n) is 15.6. The van der Waals surface area contributed by atoms with Gasteiger partial charge in [-0.2, -0.15) is 0 Å². The third-order valence-electron chi connectivity index (χ3n) is 8.43. The van der Waals surface area contributed by atoms with Gasteiger partial charge in [0.1, 0.15) is 0 Å². The van der Waals surface area contributed by atoms with Gasteiger partial charge < -0.3 is 19.9 Å². The highest BCUT2D eigenvalue weighted by molar-refractivity contribution is 5.76. The molecular formula is C34H47N3O6. The average molecular weight is 594 g/mol. The lowest BCUT2D eigenvalue weighted by molar-refractivity contribution is -0.253. The highest BCUT2D eigenvalue weighted by Gasteiger charge is 2.34. The number of rotatable bonds is 16. The first-order chi connectivity index (χ1) is 21.0. The van der Waals surface area contributed by atoms with E-state index < -0.39 is 12.2 Å². The normalized spacial score (nSPS) is 20.7. The summed E-state index contributed by atoms with van der Waals surface area (Å²) in [5.41, 5.74) is 5.48. The molecule has 43 heavy (non-hydrogen) atoms. The second kappa shape index (κ2) is 17.3. The number of hydrogen-bond donors (Lipinski definition) is 4. The third kappa shape index (κ3) is 10.3. The zero-order valence-corrected chi connectivity index (χ0v) is 25.1. The Kier molecular flexibility index (Phi) is 13.2. The van der Waals surface area contributed by atoms with E-state index in [1.54, 1.807) is 5.48 Å². The lowest BCUT2D eigenvalue weighted by Gasteiger charge is -2.39. The van der Waals surface area contributed by atoms with Crippen LogP contribution in [0.1, 0.15) is 98.9 Å². The standard InChI is InChI=1S/C34H47N3O6/c1-2-20-37(29-8-6-7-9-29)23-30-21-31(27-16-14-26(24-38)15-17-27)43-34(42-30)28-18-12-25(13-19-28)22-35-32(39)10-4-3-5-11-33(40)36-41/h2,12-19,29-31,34,38,41H,1,3-11,20-24H2,(H,35,39)(H,36,40)/t30-,31+,34+/m0/s1. The molecule has 1 heterocycles. The number of unbranched alkanes of at least 4 members (excludes halogenated alkanes) is 2. The summed E-state index contributed by atoms with van der Waals surface area (Å²) in [6.07, 6.45) is 9.75. The van der Waals surface area contributed by atoms with E-state index >= 15 is 0 Å². The highest BCUT2D eigenvalue weighted by Crippen LogP contribution is 2.39. The SMILES string of the molecule is C=CCN(C[C@@H]1C[C@H](c2ccc(CO)cc2)O[C@H](c2ccc(CNC(=O)CCCCCC(=O)NO)cc2)O1)C1CCCC1. The maximum atomic E-state index is 12.3. The molecule has 2 aromatic rings. The third-order valence-corrected chi connectivity index (χ3v) is 8.43. The molecule has 9 nitrogen and oxygen atoms in total. The zero-order chi connectivity index (χ0) is 30.4. The number of hydroxylamine groups is 1. The van der Waals surface area contributed by atoms with E-state index in [9.17, 15) is 14.7 Å². The van der Waals surface area contributed by atoms with Crippen LogP contribution in [-0.4, -0.2) is 52.3 Å². The van der Waals surface area contributed by atoms with Crippen LogP contribution in [0.2, 0.25) is 0 Å². The quantitative estimate of drug-likeness (QED) is 0.0911. The van der Waals surface area contributed by atoms with Crippen LogP contribution >= 0.6 is 0 Å². The van der Waals surface area contributed by atoms with E-state index in [2.05, 4.69) is 16.8 Å². The van der Waals surface area contributed by atoms with Crippen LogP contribution in [0.25, 0.3) is 0 Å². The van der Waals surface area contributed by atoms with E-state index in [-0.39, 0.29) is 31.1 Å². The molecule has 1 saturated carbocycles. The van der Waals surface area contributed by atoms with Crippen molar-refractivity contribution in [2.75, 3.05) is 13.1 Å². The summed E-state index contributed by atoms with van der Waals surface area (Å²) in [5, 5.41) is 21.0. The first-order valence-corrected chi connectivity index (χ1v) is 15.6. The van der Waals surface area contributed by atoms with Crippen molar-refractivity contribution >= 4 is 11.8 Å². The fourth-order valence-corrected chi connectivity index (χ4v) is 5.99. The maximum Gasteiger partial charge on any atom is 0.243 e. The summed E-state index contributed by atoms with van der Waals surface area (Å²) in [6, 6.07) is 16.5. The number of carbonyl (C=O) groups is 2. The van der Waals surface area contributed by atoms with E-state index in [4.69, 9.17) is 14.7 Å². The van der Waals surface area contributed by atoms with Gasteiger partial charge in [0.05, 0.1) is 18.8 Å². The molecular weight excluding hydrogens is 546 g/mol. The van der Waals surface area contributed by atoms with Crippen molar-refractivity contribution in [2.45, 2.75) is 102 Å². The predicted octanol–water partition coefficient (Wildman–Crippen LogP) is 5.23. The van der Waals surface area contributed by atoms with Crippen molar-refractivity contribution in [1.82, 2.24) is 15.7 Å². The van der Waals surface area contributed by atoms with E-state index in [0.29, 0.717) is 31.8 Å². The largest absolute Gasteiger partial charge is 0.392 e. The van der Waals surface area contributed by atoms with Gasteiger partial charge >= 0.3 is 0 Å². The number of nitrogens with zero attached hydrogens (tertiary/aromatic N) is 1. The number of aliphatic hydroxyl groups is 1. The van der Waals surface area contributed by atoms with E-state index in [1.165, 1.54) is 25.7 Å².